The lowest BCUT2D eigenvalue weighted by molar-refractivity contribution is -0.131. The molecule has 0 saturated heterocycles. The summed E-state index contributed by atoms with van der Waals surface area (Å²) in [7, 11) is 0. The molecule has 0 fully saturated rings. The molecule has 1 aliphatic carbocycles. The van der Waals surface area contributed by atoms with Crippen LogP contribution in [0.4, 0.5) is 0 Å². The van der Waals surface area contributed by atoms with E-state index in [4.69, 9.17) is 4.74 Å². The van der Waals surface area contributed by atoms with Crippen LogP contribution in [0, 0.1) is 0 Å². The van der Waals surface area contributed by atoms with Gasteiger partial charge in [-0.1, -0.05) is 18.2 Å². The van der Waals surface area contributed by atoms with Crippen molar-refractivity contribution in [2.75, 3.05) is 0 Å². The van der Waals surface area contributed by atoms with Gasteiger partial charge in [0.1, 0.15) is 5.75 Å². The summed E-state index contributed by atoms with van der Waals surface area (Å²) in [6.07, 6.45) is 2.14. The van der Waals surface area contributed by atoms with Gasteiger partial charge in [-0.05, 0) is 46.9 Å². The molecule has 2 aromatic carbocycles. The molecule has 0 unspecified atom stereocenters. The number of hydrogen-bond acceptors (Lipinski definition) is 2. The summed E-state index contributed by atoms with van der Waals surface area (Å²) in [6.45, 7) is 1.43. The van der Waals surface area contributed by atoms with Crippen LogP contribution < -0.4 is 4.74 Å². The molecule has 0 bridgehead atoms. The molecule has 0 atom stereocenters. The van der Waals surface area contributed by atoms with Crippen molar-refractivity contribution in [3.8, 4) is 5.75 Å². The Morgan fingerprint density at radius 3 is 2.81 bits per heavy atom. The van der Waals surface area contributed by atoms with E-state index >= 15 is 0 Å². The van der Waals surface area contributed by atoms with Crippen molar-refractivity contribution in [1.29, 1.82) is 0 Å². The maximum Gasteiger partial charge on any atom is 0.308 e. The zero-order valence-electron chi connectivity index (χ0n) is 9.12. The fourth-order valence-electron chi connectivity index (χ4n) is 2.47. The molecule has 80 valence electrons. The van der Waals surface area contributed by atoms with Gasteiger partial charge in [0.15, 0.2) is 0 Å². The summed E-state index contributed by atoms with van der Waals surface area (Å²) in [5.41, 5.74) is 2.70. The number of carbonyl (C=O) groups is 1. The summed E-state index contributed by atoms with van der Waals surface area (Å²) < 4.78 is 5.15. The second-order valence-electron chi connectivity index (χ2n) is 4.19. The minimum Gasteiger partial charge on any atom is -0.427 e. The predicted molar refractivity (Wildman–Crippen MR) is 62.7 cm³/mol. The topological polar surface area (TPSA) is 26.3 Å². The molecule has 0 N–H and O–H groups in total. The van der Waals surface area contributed by atoms with Gasteiger partial charge in [0, 0.05) is 6.92 Å². The first-order valence-corrected chi connectivity index (χ1v) is 5.47. The van der Waals surface area contributed by atoms with E-state index in [0.717, 1.165) is 12.8 Å². The Morgan fingerprint density at radius 1 is 1.19 bits per heavy atom. The summed E-state index contributed by atoms with van der Waals surface area (Å²) in [5.74, 6) is 0.398. The van der Waals surface area contributed by atoms with Crippen molar-refractivity contribution in [3.63, 3.8) is 0 Å². The van der Waals surface area contributed by atoms with Crippen LogP contribution >= 0.6 is 0 Å². The highest BCUT2D eigenvalue weighted by Gasteiger charge is 2.15. The van der Waals surface area contributed by atoms with Crippen LogP contribution in [-0.4, -0.2) is 5.97 Å². The molecule has 0 radical (unpaired) electrons. The molecule has 0 saturated carbocycles. The van der Waals surface area contributed by atoms with Gasteiger partial charge < -0.3 is 4.74 Å². The summed E-state index contributed by atoms with van der Waals surface area (Å²) >= 11 is 0. The van der Waals surface area contributed by atoms with Crippen molar-refractivity contribution in [1.82, 2.24) is 0 Å². The van der Waals surface area contributed by atoms with Gasteiger partial charge in [-0.3, -0.25) is 4.79 Å². The van der Waals surface area contributed by atoms with Crippen LogP contribution in [0.2, 0.25) is 0 Å². The van der Waals surface area contributed by atoms with E-state index in [1.54, 1.807) is 0 Å². The van der Waals surface area contributed by atoms with Gasteiger partial charge in [-0.25, -0.2) is 0 Å². The maximum absolute atomic E-state index is 10.9. The summed E-state index contributed by atoms with van der Waals surface area (Å²) in [6, 6.07) is 10.2. The fraction of sp³-hybridized carbons (Fsp3) is 0.214. The molecule has 1 aliphatic rings. The smallest absolute Gasteiger partial charge is 0.308 e. The van der Waals surface area contributed by atoms with Crippen LogP contribution in [0.25, 0.3) is 10.8 Å². The van der Waals surface area contributed by atoms with E-state index in [2.05, 4.69) is 18.2 Å². The van der Waals surface area contributed by atoms with Crippen molar-refractivity contribution in [2.24, 2.45) is 0 Å². The number of hydrogen-bond donors (Lipinski definition) is 0. The first kappa shape index (κ1) is 9.40. The molecule has 0 amide bonds. The third-order valence-electron chi connectivity index (χ3n) is 3.04. The number of benzene rings is 2. The Balaban J connectivity index is 2.22. The third kappa shape index (κ3) is 1.38. The third-order valence-corrected chi connectivity index (χ3v) is 3.04. The lowest BCUT2D eigenvalue weighted by atomic mass is 10.0. The number of esters is 1. The van der Waals surface area contributed by atoms with E-state index in [0.29, 0.717) is 5.75 Å². The highest BCUT2D eigenvalue weighted by Crippen LogP contribution is 2.34. The molecular weight excluding hydrogens is 200 g/mol. The van der Waals surface area contributed by atoms with E-state index < -0.39 is 0 Å². The minimum absolute atomic E-state index is 0.263. The first-order valence-electron chi connectivity index (χ1n) is 5.47. The van der Waals surface area contributed by atoms with Gasteiger partial charge in [0.05, 0.1) is 0 Å². The predicted octanol–water partition coefficient (Wildman–Crippen LogP) is 2.86. The van der Waals surface area contributed by atoms with Gasteiger partial charge in [0.25, 0.3) is 0 Å². The van der Waals surface area contributed by atoms with Crippen LogP contribution in [0.5, 0.6) is 5.75 Å². The second kappa shape index (κ2) is 3.34. The van der Waals surface area contributed by atoms with Gasteiger partial charge in [-0.15, -0.1) is 0 Å². The highest BCUT2D eigenvalue weighted by atomic mass is 16.5. The van der Waals surface area contributed by atoms with E-state index in [9.17, 15) is 4.79 Å². The van der Waals surface area contributed by atoms with Crippen molar-refractivity contribution >= 4 is 16.7 Å². The molecular formula is C14H12O2. The Labute approximate surface area is 93.8 Å². The molecule has 0 heterocycles. The zero-order valence-corrected chi connectivity index (χ0v) is 9.12. The molecule has 3 rings (SSSR count). The Bertz CT molecular complexity index is 585. The Morgan fingerprint density at radius 2 is 2.00 bits per heavy atom. The minimum atomic E-state index is -0.263. The van der Waals surface area contributed by atoms with Gasteiger partial charge in [-0.2, -0.15) is 0 Å². The quantitative estimate of drug-likeness (QED) is 0.536. The molecule has 0 aliphatic heterocycles. The first-order chi connectivity index (χ1) is 7.74. The zero-order chi connectivity index (χ0) is 11.1. The monoisotopic (exact) mass is 212 g/mol. The maximum atomic E-state index is 10.9. The molecule has 0 spiro atoms. The van der Waals surface area contributed by atoms with E-state index in [1.165, 1.54) is 28.8 Å². The molecule has 2 heteroatoms. The van der Waals surface area contributed by atoms with Gasteiger partial charge >= 0.3 is 5.97 Å². The number of carbonyl (C=O) groups excluding carboxylic acids is 1. The molecule has 0 aromatic heterocycles. The molecule has 2 aromatic rings. The SMILES string of the molecule is CC(=O)Oc1cc2c3c(cccc3c1)CC2. The van der Waals surface area contributed by atoms with Gasteiger partial charge in [0.2, 0.25) is 0 Å². The number of ether oxygens (including phenoxy) is 1. The number of aryl methyl sites for hydroxylation is 2. The number of rotatable bonds is 1. The van der Waals surface area contributed by atoms with Crippen LogP contribution in [0.15, 0.2) is 30.3 Å². The average Bonchev–Trinajstić information content (AvgIpc) is 2.62. The van der Waals surface area contributed by atoms with Crippen LogP contribution in [0.1, 0.15) is 18.1 Å². The molecule has 2 nitrogen and oxygen atoms in total. The highest BCUT2D eigenvalue weighted by molar-refractivity contribution is 5.92. The normalized spacial score (nSPS) is 13.1. The van der Waals surface area contributed by atoms with Crippen molar-refractivity contribution in [2.45, 2.75) is 19.8 Å². The Hall–Kier alpha value is -1.83. The Kier molecular flexibility index (Phi) is 1.96. The van der Waals surface area contributed by atoms with Crippen LogP contribution in [0.3, 0.4) is 0 Å². The molecule has 16 heavy (non-hydrogen) atoms. The summed E-state index contributed by atoms with van der Waals surface area (Å²) in [5, 5.41) is 2.52. The van der Waals surface area contributed by atoms with Crippen LogP contribution in [-0.2, 0) is 17.6 Å². The standard InChI is InChI=1S/C14H12O2/c1-9(15)16-13-7-11-4-2-3-10-5-6-12(8-13)14(10)11/h2-4,7-8H,5-6H2,1H3. The average molecular weight is 212 g/mol. The summed E-state index contributed by atoms with van der Waals surface area (Å²) in [4.78, 5) is 10.9. The fourth-order valence-corrected chi connectivity index (χ4v) is 2.47. The largest absolute Gasteiger partial charge is 0.427 e. The lowest BCUT2D eigenvalue weighted by Crippen LogP contribution is -2.01. The van der Waals surface area contributed by atoms with Crippen molar-refractivity contribution < 1.29 is 9.53 Å². The van der Waals surface area contributed by atoms with E-state index in [-0.39, 0.29) is 5.97 Å². The van der Waals surface area contributed by atoms with Crippen molar-refractivity contribution in [3.05, 3.63) is 41.5 Å². The van der Waals surface area contributed by atoms with E-state index in [1.807, 2.05) is 12.1 Å². The lowest BCUT2D eigenvalue weighted by Gasteiger charge is -2.06. The second-order valence-corrected chi connectivity index (χ2v) is 4.19.